The summed E-state index contributed by atoms with van der Waals surface area (Å²) in [6.07, 6.45) is 1.80. The van der Waals surface area contributed by atoms with Crippen LogP contribution in [0.1, 0.15) is 30.3 Å². The molecule has 3 rings (SSSR count). The molecule has 22 heavy (non-hydrogen) atoms. The Hall–Kier alpha value is -2.80. The van der Waals surface area contributed by atoms with Crippen LogP contribution in [0.3, 0.4) is 0 Å². The van der Waals surface area contributed by atoms with Gasteiger partial charge in [-0.1, -0.05) is 19.1 Å². The third-order valence-electron chi connectivity index (χ3n) is 3.74. The van der Waals surface area contributed by atoms with E-state index in [4.69, 9.17) is 16.0 Å². The summed E-state index contributed by atoms with van der Waals surface area (Å²) < 4.78 is 2.26. The molecule has 0 atom stereocenters. The average molecular weight is 290 g/mol. The topological polar surface area (TPSA) is 67.6 Å². The van der Waals surface area contributed by atoms with Gasteiger partial charge < -0.3 is 10.3 Å². The molecule has 0 saturated heterocycles. The van der Waals surface area contributed by atoms with Gasteiger partial charge in [0.25, 0.3) is 0 Å². The largest absolute Gasteiger partial charge is 0.399 e. The minimum absolute atomic E-state index is 0.679. The molecule has 0 bridgehead atoms. The molecule has 0 amide bonds. The molecule has 4 heteroatoms. The summed E-state index contributed by atoms with van der Waals surface area (Å²) in [4.78, 5) is 4.75. The van der Waals surface area contributed by atoms with Crippen molar-refractivity contribution in [1.82, 2.24) is 9.55 Å². The zero-order valence-corrected chi connectivity index (χ0v) is 12.6. The van der Waals surface area contributed by atoms with Crippen LogP contribution in [0.4, 0.5) is 5.69 Å². The van der Waals surface area contributed by atoms with Crippen LogP contribution >= 0.6 is 0 Å². The summed E-state index contributed by atoms with van der Waals surface area (Å²) in [7, 11) is 0. The lowest BCUT2D eigenvalue weighted by atomic mass is 10.1. The molecular formula is C18H18N4. The predicted octanol–water partition coefficient (Wildman–Crippen LogP) is 3.49. The molecule has 2 aromatic carbocycles. The number of nitriles is 1. The second kappa shape index (κ2) is 5.90. The summed E-state index contributed by atoms with van der Waals surface area (Å²) in [5.74, 6) is 1.03. The van der Waals surface area contributed by atoms with Crippen molar-refractivity contribution in [2.45, 2.75) is 26.3 Å². The highest BCUT2D eigenvalue weighted by Crippen LogP contribution is 2.21. The first kappa shape index (κ1) is 14.2. The Balaban J connectivity index is 2.01. The zero-order valence-electron chi connectivity index (χ0n) is 12.6. The number of nitrogens with zero attached hydrogens (tertiary/aromatic N) is 3. The van der Waals surface area contributed by atoms with Crippen LogP contribution in [-0.4, -0.2) is 9.55 Å². The fourth-order valence-corrected chi connectivity index (χ4v) is 2.68. The van der Waals surface area contributed by atoms with Gasteiger partial charge in [-0.15, -0.1) is 0 Å². The van der Waals surface area contributed by atoms with Gasteiger partial charge >= 0.3 is 0 Å². The zero-order chi connectivity index (χ0) is 15.5. The molecule has 2 N–H and O–H groups in total. The molecular weight excluding hydrogens is 272 g/mol. The van der Waals surface area contributed by atoms with Gasteiger partial charge in [0.1, 0.15) is 5.82 Å². The Morgan fingerprint density at radius 3 is 2.64 bits per heavy atom. The number of aryl methyl sites for hydroxylation is 1. The van der Waals surface area contributed by atoms with Gasteiger partial charge in [0.2, 0.25) is 0 Å². The van der Waals surface area contributed by atoms with E-state index in [9.17, 15) is 0 Å². The molecule has 0 fully saturated rings. The number of hydrogen-bond donors (Lipinski definition) is 1. The van der Waals surface area contributed by atoms with Gasteiger partial charge in [-0.05, 0) is 42.3 Å². The summed E-state index contributed by atoms with van der Waals surface area (Å²) in [6.45, 7) is 3.10. The molecule has 3 aromatic rings. The Bertz CT molecular complexity index is 838. The van der Waals surface area contributed by atoms with Crippen molar-refractivity contribution >= 4 is 16.7 Å². The SMILES string of the molecule is CCCn1c(Cc2ccc(C#N)cc2)nc2cc(N)ccc21. The van der Waals surface area contributed by atoms with E-state index < -0.39 is 0 Å². The third-order valence-corrected chi connectivity index (χ3v) is 3.74. The van der Waals surface area contributed by atoms with E-state index in [2.05, 4.69) is 17.6 Å². The first-order chi connectivity index (χ1) is 10.7. The van der Waals surface area contributed by atoms with E-state index >= 15 is 0 Å². The van der Waals surface area contributed by atoms with Gasteiger partial charge in [-0.2, -0.15) is 5.26 Å². The number of benzene rings is 2. The van der Waals surface area contributed by atoms with Gasteiger partial charge in [0.05, 0.1) is 22.7 Å². The van der Waals surface area contributed by atoms with Crippen molar-refractivity contribution in [2.24, 2.45) is 0 Å². The molecule has 0 aliphatic heterocycles. The summed E-state index contributed by atoms with van der Waals surface area (Å²) in [6, 6.07) is 15.7. The molecule has 0 unspecified atom stereocenters. The summed E-state index contributed by atoms with van der Waals surface area (Å²) >= 11 is 0. The van der Waals surface area contributed by atoms with Crippen LogP contribution < -0.4 is 5.73 Å². The number of fused-ring (bicyclic) bond motifs is 1. The van der Waals surface area contributed by atoms with Crippen molar-refractivity contribution in [3.63, 3.8) is 0 Å². The Labute approximate surface area is 129 Å². The van der Waals surface area contributed by atoms with Crippen molar-refractivity contribution in [1.29, 1.82) is 5.26 Å². The number of rotatable bonds is 4. The van der Waals surface area contributed by atoms with Gasteiger partial charge in [-0.25, -0.2) is 4.98 Å². The molecule has 0 spiro atoms. The quantitative estimate of drug-likeness (QED) is 0.748. The lowest BCUT2D eigenvalue weighted by Gasteiger charge is -2.08. The molecule has 0 saturated carbocycles. The van der Waals surface area contributed by atoms with Crippen LogP contribution in [0, 0.1) is 11.3 Å². The standard InChI is InChI=1S/C18H18N4/c1-2-9-22-17-8-7-15(20)11-16(17)21-18(22)10-13-3-5-14(12-19)6-4-13/h3-8,11H,2,9-10,20H2,1H3. The highest BCUT2D eigenvalue weighted by molar-refractivity contribution is 5.79. The van der Waals surface area contributed by atoms with Crippen molar-refractivity contribution in [2.75, 3.05) is 5.73 Å². The second-order valence-electron chi connectivity index (χ2n) is 5.41. The first-order valence-electron chi connectivity index (χ1n) is 7.45. The summed E-state index contributed by atoms with van der Waals surface area (Å²) in [5.41, 5.74) is 10.5. The molecule has 1 heterocycles. The molecule has 110 valence electrons. The molecule has 4 nitrogen and oxygen atoms in total. The average Bonchev–Trinajstić information content (AvgIpc) is 2.85. The maximum absolute atomic E-state index is 8.88. The smallest absolute Gasteiger partial charge is 0.114 e. The highest BCUT2D eigenvalue weighted by Gasteiger charge is 2.11. The van der Waals surface area contributed by atoms with Crippen molar-refractivity contribution < 1.29 is 0 Å². The van der Waals surface area contributed by atoms with Crippen LogP contribution in [0.25, 0.3) is 11.0 Å². The van der Waals surface area contributed by atoms with E-state index in [-0.39, 0.29) is 0 Å². The number of anilines is 1. The maximum Gasteiger partial charge on any atom is 0.114 e. The minimum Gasteiger partial charge on any atom is -0.399 e. The second-order valence-corrected chi connectivity index (χ2v) is 5.41. The Kier molecular flexibility index (Phi) is 3.80. The van der Waals surface area contributed by atoms with E-state index in [0.29, 0.717) is 5.56 Å². The lowest BCUT2D eigenvalue weighted by molar-refractivity contribution is 0.664. The van der Waals surface area contributed by atoms with Gasteiger partial charge in [0, 0.05) is 18.7 Å². The minimum atomic E-state index is 0.679. The van der Waals surface area contributed by atoms with E-state index in [1.807, 2.05) is 42.5 Å². The van der Waals surface area contributed by atoms with E-state index in [1.165, 1.54) is 0 Å². The number of nitrogen functional groups attached to an aromatic ring is 1. The van der Waals surface area contributed by atoms with E-state index in [1.54, 1.807) is 0 Å². The first-order valence-corrected chi connectivity index (χ1v) is 7.45. The van der Waals surface area contributed by atoms with Crippen LogP contribution in [0.2, 0.25) is 0 Å². The molecule has 1 aromatic heterocycles. The number of hydrogen-bond acceptors (Lipinski definition) is 3. The Morgan fingerprint density at radius 1 is 1.18 bits per heavy atom. The van der Waals surface area contributed by atoms with Crippen molar-refractivity contribution in [3.8, 4) is 6.07 Å². The molecule has 0 aliphatic carbocycles. The summed E-state index contributed by atoms with van der Waals surface area (Å²) in [5, 5.41) is 8.88. The lowest BCUT2D eigenvalue weighted by Crippen LogP contribution is -2.04. The van der Waals surface area contributed by atoms with Crippen LogP contribution in [-0.2, 0) is 13.0 Å². The van der Waals surface area contributed by atoms with Crippen LogP contribution in [0.5, 0.6) is 0 Å². The number of aromatic nitrogens is 2. The normalized spacial score (nSPS) is 10.7. The Morgan fingerprint density at radius 2 is 1.95 bits per heavy atom. The predicted molar refractivity (Wildman–Crippen MR) is 88.4 cm³/mol. The van der Waals surface area contributed by atoms with E-state index in [0.717, 1.165) is 47.5 Å². The number of nitrogens with two attached hydrogens (primary N) is 1. The maximum atomic E-state index is 8.88. The fourth-order valence-electron chi connectivity index (χ4n) is 2.68. The molecule has 0 radical (unpaired) electrons. The highest BCUT2D eigenvalue weighted by atomic mass is 15.1. The van der Waals surface area contributed by atoms with Crippen molar-refractivity contribution in [3.05, 3.63) is 59.4 Å². The van der Waals surface area contributed by atoms with Gasteiger partial charge in [0.15, 0.2) is 0 Å². The third kappa shape index (κ3) is 2.66. The monoisotopic (exact) mass is 290 g/mol. The van der Waals surface area contributed by atoms with Crippen LogP contribution in [0.15, 0.2) is 42.5 Å². The molecule has 0 aliphatic rings. The fraction of sp³-hybridized carbons (Fsp3) is 0.222. The number of imidazole rings is 1. The van der Waals surface area contributed by atoms with Gasteiger partial charge in [-0.3, -0.25) is 0 Å².